The number of likely N-dealkylation sites (tertiary alicyclic amines) is 1. The van der Waals surface area contributed by atoms with Gasteiger partial charge in [-0.1, -0.05) is 0 Å². The number of methoxy groups -OCH3 is 3. The molecule has 1 aliphatic rings. The Balaban J connectivity index is 1.87. The van der Waals surface area contributed by atoms with E-state index in [1.807, 2.05) is 35.2 Å². The first-order valence-corrected chi connectivity index (χ1v) is 10.6. The monoisotopic (exact) mass is 437 g/mol. The lowest BCUT2D eigenvalue weighted by Gasteiger charge is -2.33. The van der Waals surface area contributed by atoms with Gasteiger partial charge in [-0.25, -0.2) is 4.68 Å². The zero-order chi connectivity index (χ0) is 22.7. The highest BCUT2D eigenvalue weighted by Crippen LogP contribution is 2.44. The average Bonchev–Trinajstić information content (AvgIpc) is 3.37. The van der Waals surface area contributed by atoms with Crippen molar-refractivity contribution in [1.82, 2.24) is 25.1 Å². The average molecular weight is 438 g/mol. The minimum Gasteiger partial charge on any atom is -0.493 e. The van der Waals surface area contributed by atoms with Crippen LogP contribution in [0, 0.1) is 0 Å². The lowest BCUT2D eigenvalue weighted by Crippen LogP contribution is -2.42. The molecule has 1 atom stereocenters. The van der Waals surface area contributed by atoms with E-state index in [0.717, 1.165) is 36.9 Å². The topological polar surface area (TPSA) is 91.6 Å². The molecule has 1 amide bonds. The van der Waals surface area contributed by atoms with Gasteiger partial charge in [0.25, 0.3) is 5.91 Å². The molecule has 4 rings (SSSR count). The van der Waals surface area contributed by atoms with E-state index in [4.69, 9.17) is 14.2 Å². The summed E-state index contributed by atoms with van der Waals surface area (Å²) >= 11 is 0. The van der Waals surface area contributed by atoms with E-state index in [0.29, 0.717) is 28.5 Å². The molecule has 0 bridgehead atoms. The molecular formula is C23H27N5O4. The Morgan fingerprint density at radius 3 is 2.50 bits per heavy atom. The molecule has 2 heterocycles. The van der Waals surface area contributed by atoms with E-state index in [1.54, 1.807) is 21.3 Å². The third-order valence-corrected chi connectivity index (χ3v) is 5.86. The first-order chi connectivity index (χ1) is 15.6. The van der Waals surface area contributed by atoms with Crippen LogP contribution in [0.4, 0.5) is 0 Å². The fraction of sp³-hybridized carbons (Fsp3) is 0.391. The van der Waals surface area contributed by atoms with Crippen LogP contribution in [0.2, 0.25) is 0 Å². The number of hydrogen-bond donors (Lipinski definition) is 0. The predicted molar refractivity (Wildman–Crippen MR) is 119 cm³/mol. The van der Waals surface area contributed by atoms with Crippen LogP contribution in [0.5, 0.6) is 17.2 Å². The third-order valence-electron chi connectivity index (χ3n) is 5.86. The molecule has 3 aromatic rings. The Morgan fingerprint density at radius 1 is 1.03 bits per heavy atom. The number of tetrazole rings is 1. The fourth-order valence-corrected chi connectivity index (χ4v) is 4.20. The number of aromatic nitrogens is 4. The number of benzene rings is 2. The summed E-state index contributed by atoms with van der Waals surface area (Å²) in [4.78, 5) is 15.4. The van der Waals surface area contributed by atoms with Crippen LogP contribution in [-0.4, -0.2) is 64.9 Å². The second-order valence-corrected chi connectivity index (χ2v) is 7.75. The summed E-state index contributed by atoms with van der Waals surface area (Å²) < 4.78 is 18.2. The van der Waals surface area contributed by atoms with Gasteiger partial charge in [0, 0.05) is 23.7 Å². The van der Waals surface area contributed by atoms with Gasteiger partial charge < -0.3 is 19.1 Å². The van der Waals surface area contributed by atoms with Gasteiger partial charge in [-0.2, -0.15) is 0 Å². The molecule has 1 saturated heterocycles. The maximum absolute atomic E-state index is 13.5. The van der Waals surface area contributed by atoms with Gasteiger partial charge in [-0.05, 0) is 72.5 Å². The molecule has 0 saturated carbocycles. The number of ether oxygens (including phenoxy) is 3. The number of nitrogens with zero attached hydrogens (tertiary/aromatic N) is 5. The van der Waals surface area contributed by atoms with Crippen LogP contribution in [0.15, 0.2) is 36.7 Å². The van der Waals surface area contributed by atoms with Crippen LogP contribution in [-0.2, 0) is 0 Å². The second-order valence-electron chi connectivity index (χ2n) is 7.75. The van der Waals surface area contributed by atoms with Gasteiger partial charge in [-0.3, -0.25) is 4.79 Å². The Kier molecular flexibility index (Phi) is 6.25. The van der Waals surface area contributed by atoms with Crippen molar-refractivity contribution >= 4 is 5.91 Å². The van der Waals surface area contributed by atoms with Crippen molar-refractivity contribution in [3.05, 3.63) is 42.2 Å². The van der Waals surface area contributed by atoms with E-state index in [9.17, 15) is 4.79 Å². The summed E-state index contributed by atoms with van der Waals surface area (Å²) in [6, 6.07) is 9.51. The highest BCUT2D eigenvalue weighted by molar-refractivity contribution is 5.97. The summed E-state index contributed by atoms with van der Waals surface area (Å²) in [5.41, 5.74) is 2.79. The summed E-state index contributed by atoms with van der Waals surface area (Å²) in [7, 11) is 4.72. The van der Waals surface area contributed by atoms with Crippen molar-refractivity contribution in [2.45, 2.75) is 32.2 Å². The van der Waals surface area contributed by atoms with Crippen molar-refractivity contribution in [3.63, 3.8) is 0 Å². The lowest BCUT2D eigenvalue weighted by atomic mass is 9.98. The van der Waals surface area contributed by atoms with Crippen LogP contribution in [0.3, 0.4) is 0 Å². The van der Waals surface area contributed by atoms with Gasteiger partial charge in [-0.15, -0.1) is 5.10 Å². The largest absolute Gasteiger partial charge is 0.493 e. The first-order valence-electron chi connectivity index (χ1n) is 10.6. The first kappa shape index (κ1) is 21.6. The van der Waals surface area contributed by atoms with Crippen molar-refractivity contribution in [1.29, 1.82) is 0 Å². The van der Waals surface area contributed by atoms with Crippen molar-refractivity contribution in [2.75, 3.05) is 27.9 Å². The molecule has 2 aromatic carbocycles. The van der Waals surface area contributed by atoms with Gasteiger partial charge in [0.05, 0.1) is 27.0 Å². The molecule has 0 aliphatic carbocycles. The summed E-state index contributed by atoms with van der Waals surface area (Å²) in [5.74, 6) is 1.55. The number of hydrogen-bond acceptors (Lipinski definition) is 7. The van der Waals surface area contributed by atoms with E-state index in [1.165, 1.54) is 11.0 Å². The highest BCUT2D eigenvalue weighted by Gasteiger charge is 2.26. The van der Waals surface area contributed by atoms with Crippen LogP contribution in [0.1, 0.15) is 36.5 Å². The Morgan fingerprint density at radius 2 is 1.84 bits per heavy atom. The molecule has 0 spiro atoms. The maximum Gasteiger partial charge on any atom is 0.254 e. The standard InChI is InChI=1S/C23H27N5O4/c1-15-7-5-6-10-27(15)23(29)17-11-16(12-18(13-17)28-14-24-25-26-28)19-8-9-20(30-2)22(32-4)21(19)31-3/h8-9,11-15H,5-7,10H2,1-4H3/t15-/m1/s1. The molecule has 9 heteroatoms. The molecule has 0 unspecified atom stereocenters. The van der Waals surface area contributed by atoms with Crippen molar-refractivity contribution < 1.29 is 19.0 Å². The maximum atomic E-state index is 13.5. The third kappa shape index (κ3) is 3.98. The Bertz CT molecular complexity index is 1100. The van der Waals surface area contributed by atoms with Crippen molar-refractivity contribution in [2.24, 2.45) is 0 Å². The predicted octanol–water partition coefficient (Wildman–Crippen LogP) is 3.37. The summed E-state index contributed by atoms with van der Waals surface area (Å²) in [6.07, 6.45) is 4.67. The molecule has 32 heavy (non-hydrogen) atoms. The molecule has 1 fully saturated rings. The second kappa shape index (κ2) is 9.25. The molecular weight excluding hydrogens is 410 g/mol. The Hall–Kier alpha value is -3.62. The summed E-state index contributed by atoms with van der Waals surface area (Å²) in [5, 5.41) is 11.5. The normalized spacial score (nSPS) is 16.0. The van der Waals surface area contributed by atoms with Crippen LogP contribution < -0.4 is 14.2 Å². The van der Waals surface area contributed by atoms with E-state index >= 15 is 0 Å². The number of rotatable bonds is 6. The molecule has 168 valence electrons. The Labute approximate surface area is 186 Å². The van der Waals surface area contributed by atoms with Crippen LogP contribution in [0.25, 0.3) is 16.8 Å². The lowest BCUT2D eigenvalue weighted by molar-refractivity contribution is 0.0635. The molecule has 0 radical (unpaired) electrons. The minimum absolute atomic E-state index is 0.00665. The molecule has 1 aromatic heterocycles. The number of amides is 1. The van der Waals surface area contributed by atoms with E-state index in [-0.39, 0.29) is 11.9 Å². The quantitative estimate of drug-likeness (QED) is 0.584. The van der Waals surface area contributed by atoms with Crippen molar-refractivity contribution in [3.8, 4) is 34.1 Å². The molecule has 9 nitrogen and oxygen atoms in total. The molecule has 0 N–H and O–H groups in total. The minimum atomic E-state index is -0.00665. The highest BCUT2D eigenvalue weighted by atomic mass is 16.5. The molecule has 1 aliphatic heterocycles. The van der Waals surface area contributed by atoms with Gasteiger partial charge >= 0.3 is 0 Å². The smallest absolute Gasteiger partial charge is 0.254 e. The summed E-state index contributed by atoms with van der Waals surface area (Å²) in [6.45, 7) is 2.85. The van der Waals surface area contributed by atoms with E-state index < -0.39 is 0 Å². The van der Waals surface area contributed by atoms with Gasteiger partial charge in [0.15, 0.2) is 11.5 Å². The van der Waals surface area contributed by atoms with Crippen LogP contribution >= 0.6 is 0 Å². The van der Waals surface area contributed by atoms with Gasteiger partial charge in [0.1, 0.15) is 6.33 Å². The number of carbonyl (C=O) groups is 1. The van der Waals surface area contributed by atoms with E-state index in [2.05, 4.69) is 22.4 Å². The zero-order valence-electron chi connectivity index (χ0n) is 18.7. The fourth-order valence-electron chi connectivity index (χ4n) is 4.20. The number of piperidine rings is 1. The van der Waals surface area contributed by atoms with Gasteiger partial charge in [0.2, 0.25) is 5.75 Å². The zero-order valence-corrected chi connectivity index (χ0v) is 18.7. The SMILES string of the molecule is COc1ccc(-c2cc(C(=O)N3CCCC[C@H]3C)cc(-n3cnnn3)c2)c(OC)c1OC. The number of carbonyl (C=O) groups excluding carboxylic acids is 1.